The van der Waals surface area contributed by atoms with Crippen LogP contribution >= 0.6 is 11.6 Å². The average molecular weight is 351 g/mol. The monoisotopic (exact) mass is 350 g/mol. The van der Waals surface area contributed by atoms with Crippen LogP contribution in [-0.2, 0) is 10.0 Å². The lowest BCUT2D eigenvalue weighted by Gasteiger charge is -2.12. The summed E-state index contributed by atoms with van der Waals surface area (Å²) in [5, 5.41) is 6.06. The molecule has 23 heavy (non-hydrogen) atoms. The van der Waals surface area contributed by atoms with Gasteiger partial charge in [-0.3, -0.25) is 4.98 Å². The topological polar surface area (TPSA) is 77.7 Å². The number of hydrogen-bond donors (Lipinski definition) is 0. The minimum absolute atomic E-state index is 0.274. The summed E-state index contributed by atoms with van der Waals surface area (Å²) in [5.41, 5.74) is 2.30. The van der Waals surface area contributed by atoms with Gasteiger partial charge in [-0.15, -0.1) is 0 Å². The van der Waals surface area contributed by atoms with Crippen LogP contribution in [0.1, 0.15) is 25.3 Å². The van der Waals surface area contributed by atoms with Crippen molar-refractivity contribution in [2.45, 2.75) is 19.8 Å². The van der Waals surface area contributed by atoms with Crippen molar-refractivity contribution in [3.05, 3.63) is 41.6 Å². The predicted octanol–water partition coefficient (Wildman–Crippen LogP) is 3.08. The van der Waals surface area contributed by atoms with Gasteiger partial charge in [0.2, 0.25) is 0 Å². The van der Waals surface area contributed by atoms with E-state index in [0.29, 0.717) is 16.4 Å². The predicted molar refractivity (Wildman–Crippen MR) is 90.1 cm³/mol. The summed E-state index contributed by atoms with van der Waals surface area (Å²) in [6.07, 6.45) is 7.46. The highest BCUT2D eigenvalue weighted by molar-refractivity contribution is 7.89. The minimum atomic E-state index is -3.43. The maximum Gasteiger partial charge on any atom is 0.250 e. The summed E-state index contributed by atoms with van der Waals surface area (Å²) in [4.78, 5) is 8.62. The number of pyridine rings is 2. The van der Waals surface area contributed by atoms with Crippen LogP contribution in [0.3, 0.4) is 0 Å². The summed E-state index contributed by atoms with van der Waals surface area (Å²) in [6, 6.07) is 1.80. The molecule has 0 fully saturated rings. The average Bonchev–Trinajstić information content (AvgIpc) is 2.95. The van der Waals surface area contributed by atoms with Gasteiger partial charge < -0.3 is 0 Å². The molecule has 0 aliphatic carbocycles. The highest BCUT2D eigenvalue weighted by Gasteiger charge is 2.15. The van der Waals surface area contributed by atoms with Gasteiger partial charge in [-0.25, -0.2) is 13.4 Å². The van der Waals surface area contributed by atoms with Crippen molar-refractivity contribution in [3.8, 4) is 11.3 Å². The summed E-state index contributed by atoms with van der Waals surface area (Å²) >= 11 is 6.03. The molecule has 0 aliphatic rings. The van der Waals surface area contributed by atoms with Crippen LogP contribution in [0, 0.1) is 0 Å². The lowest BCUT2D eigenvalue weighted by molar-refractivity contribution is 0.586. The van der Waals surface area contributed by atoms with Crippen LogP contribution in [0.15, 0.2) is 30.9 Å². The lowest BCUT2D eigenvalue weighted by Crippen LogP contribution is -2.09. The second kappa shape index (κ2) is 5.58. The third-order valence-electron chi connectivity index (χ3n) is 3.56. The second-order valence-corrected chi connectivity index (χ2v) is 7.86. The molecule has 0 spiro atoms. The fourth-order valence-corrected chi connectivity index (χ4v) is 3.11. The first-order valence-corrected chi connectivity index (χ1v) is 9.19. The number of rotatable bonds is 3. The summed E-state index contributed by atoms with van der Waals surface area (Å²) in [7, 11) is -3.43. The number of hydrogen-bond acceptors (Lipinski definition) is 5. The van der Waals surface area contributed by atoms with E-state index in [1.54, 1.807) is 18.5 Å². The molecule has 0 unspecified atom stereocenters. The maximum absolute atomic E-state index is 11.6. The molecule has 6 nitrogen and oxygen atoms in total. The van der Waals surface area contributed by atoms with Crippen molar-refractivity contribution in [3.63, 3.8) is 0 Å². The minimum Gasteiger partial charge on any atom is -0.255 e. The van der Waals surface area contributed by atoms with Crippen molar-refractivity contribution < 1.29 is 8.42 Å². The van der Waals surface area contributed by atoms with E-state index in [9.17, 15) is 8.42 Å². The van der Waals surface area contributed by atoms with Gasteiger partial charge in [-0.2, -0.15) is 9.19 Å². The van der Waals surface area contributed by atoms with E-state index in [4.69, 9.17) is 11.6 Å². The molecule has 0 aromatic carbocycles. The molecule has 0 atom stereocenters. The van der Waals surface area contributed by atoms with Gasteiger partial charge in [0.15, 0.2) is 0 Å². The SMILES string of the molecule is CC(C)c1cnc(-c2cnn(S(C)(=O)=O)c2)c2cnc(Cl)cc12. The van der Waals surface area contributed by atoms with Gasteiger partial charge in [-0.1, -0.05) is 25.4 Å². The van der Waals surface area contributed by atoms with Crippen LogP contribution in [0.2, 0.25) is 5.15 Å². The van der Waals surface area contributed by atoms with Gasteiger partial charge in [-0.05, 0) is 22.9 Å². The van der Waals surface area contributed by atoms with Crippen LogP contribution in [0.4, 0.5) is 0 Å². The zero-order chi connectivity index (χ0) is 16.8. The Bertz CT molecular complexity index is 996. The van der Waals surface area contributed by atoms with Gasteiger partial charge in [0, 0.05) is 23.3 Å². The molecular formula is C15H15ClN4O2S. The van der Waals surface area contributed by atoms with E-state index in [1.165, 1.54) is 12.4 Å². The van der Waals surface area contributed by atoms with Crippen LogP contribution in [0.5, 0.6) is 0 Å². The Kier molecular flexibility index (Phi) is 3.85. The molecule has 0 saturated heterocycles. The lowest BCUT2D eigenvalue weighted by atomic mass is 9.97. The Morgan fingerprint density at radius 3 is 2.48 bits per heavy atom. The first-order chi connectivity index (χ1) is 10.8. The van der Waals surface area contributed by atoms with Gasteiger partial charge in [0.1, 0.15) is 5.15 Å². The molecule has 8 heteroatoms. The molecule has 120 valence electrons. The third-order valence-corrected chi connectivity index (χ3v) is 4.65. The Labute approximate surface area is 139 Å². The van der Waals surface area contributed by atoms with E-state index in [-0.39, 0.29) is 5.92 Å². The molecule has 0 amide bonds. The summed E-state index contributed by atoms with van der Waals surface area (Å²) in [6.45, 7) is 4.15. The molecule has 0 aliphatic heterocycles. The summed E-state index contributed by atoms with van der Waals surface area (Å²) < 4.78 is 24.1. The van der Waals surface area contributed by atoms with Crippen molar-refractivity contribution in [2.75, 3.05) is 6.26 Å². The quantitative estimate of drug-likeness (QED) is 0.678. The first-order valence-electron chi connectivity index (χ1n) is 6.97. The largest absolute Gasteiger partial charge is 0.255 e. The fourth-order valence-electron chi connectivity index (χ4n) is 2.43. The standard InChI is InChI=1S/C15H15ClN4O2S/c1-9(2)12-6-18-15(13-7-17-14(16)4-11(12)13)10-5-19-20(8-10)23(3,21)22/h4-9H,1-3H3. The van der Waals surface area contributed by atoms with Crippen LogP contribution < -0.4 is 0 Å². The van der Waals surface area contributed by atoms with Crippen molar-refractivity contribution in [1.29, 1.82) is 0 Å². The van der Waals surface area contributed by atoms with E-state index < -0.39 is 10.0 Å². The molecule has 0 bridgehead atoms. The zero-order valence-corrected chi connectivity index (χ0v) is 14.4. The van der Waals surface area contributed by atoms with E-state index in [2.05, 4.69) is 28.9 Å². The smallest absolute Gasteiger partial charge is 0.250 e. The summed E-state index contributed by atoms with van der Waals surface area (Å²) in [5.74, 6) is 0.274. The fraction of sp³-hybridized carbons (Fsp3) is 0.267. The zero-order valence-electron chi connectivity index (χ0n) is 12.9. The highest BCUT2D eigenvalue weighted by atomic mass is 35.5. The van der Waals surface area contributed by atoms with Crippen molar-refractivity contribution >= 4 is 32.4 Å². The molecule has 0 N–H and O–H groups in total. The molecular weight excluding hydrogens is 336 g/mol. The van der Waals surface area contributed by atoms with Crippen molar-refractivity contribution in [2.24, 2.45) is 0 Å². The van der Waals surface area contributed by atoms with Crippen LogP contribution in [-0.4, -0.2) is 33.8 Å². The van der Waals surface area contributed by atoms with E-state index in [0.717, 1.165) is 26.7 Å². The first kappa shape index (κ1) is 15.9. The molecule has 3 heterocycles. The van der Waals surface area contributed by atoms with Crippen molar-refractivity contribution in [1.82, 2.24) is 19.2 Å². The molecule has 3 aromatic rings. The Morgan fingerprint density at radius 2 is 1.87 bits per heavy atom. The van der Waals surface area contributed by atoms with Crippen LogP contribution in [0.25, 0.3) is 22.0 Å². The normalized spacial score (nSPS) is 12.2. The van der Waals surface area contributed by atoms with E-state index in [1.807, 2.05) is 0 Å². The molecule has 3 aromatic heterocycles. The third kappa shape index (κ3) is 2.94. The Balaban J connectivity index is 2.27. The van der Waals surface area contributed by atoms with Gasteiger partial charge in [0.05, 0.1) is 24.3 Å². The number of nitrogens with zero attached hydrogens (tertiary/aromatic N) is 4. The second-order valence-electron chi connectivity index (χ2n) is 5.63. The number of aromatic nitrogens is 4. The Hall–Kier alpha value is -1.99. The molecule has 3 rings (SSSR count). The van der Waals surface area contributed by atoms with Gasteiger partial charge in [0.25, 0.3) is 10.0 Å². The molecule has 0 radical (unpaired) electrons. The number of fused-ring (bicyclic) bond motifs is 1. The van der Waals surface area contributed by atoms with Gasteiger partial charge >= 0.3 is 0 Å². The molecule has 0 saturated carbocycles. The highest BCUT2D eigenvalue weighted by Crippen LogP contribution is 2.32. The maximum atomic E-state index is 11.6. The Morgan fingerprint density at radius 1 is 1.13 bits per heavy atom. The van der Waals surface area contributed by atoms with E-state index >= 15 is 0 Å². The number of halogens is 1.